The zero-order valence-electron chi connectivity index (χ0n) is 9.99. The molecule has 15 heavy (non-hydrogen) atoms. The lowest BCUT2D eigenvalue weighted by Crippen LogP contribution is -2.90. The van der Waals surface area contributed by atoms with E-state index >= 15 is 0 Å². The van der Waals surface area contributed by atoms with Gasteiger partial charge in [-0.15, -0.1) is 0 Å². The van der Waals surface area contributed by atoms with E-state index in [0.29, 0.717) is 6.04 Å². The highest BCUT2D eigenvalue weighted by Crippen LogP contribution is 2.15. The predicted molar refractivity (Wildman–Crippen MR) is 63.2 cm³/mol. The second kappa shape index (κ2) is 6.46. The van der Waals surface area contributed by atoms with Crippen molar-refractivity contribution >= 4 is 0 Å². The first-order valence-electron chi connectivity index (χ1n) is 5.75. The summed E-state index contributed by atoms with van der Waals surface area (Å²) in [5, 5.41) is 2.33. The Hall–Kier alpha value is -1.02. The van der Waals surface area contributed by atoms with Crippen LogP contribution in [0.5, 0.6) is 5.75 Å². The van der Waals surface area contributed by atoms with E-state index in [2.05, 4.69) is 32.2 Å². The van der Waals surface area contributed by atoms with Gasteiger partial charge in [0.2, 0.25) is 0 Å². The molecule has 1 aromatic carbocycles. The van der Waals surface area contributed by atoms with Crippen molar-refractivity contribution in [1.82, 2.24) is 0 Å². The van der Waals surface area contributed by atoms with Gasteiger partial charge in [0.05, 0.1) is 6.04 Å². The van der Waals surface area contributed by atoms with Crippen LogP contribution in [0.3, 0.4) is 0 Å². The van der Waals surface area contributed by atoms with Gasteiger partial charge in [0.1, 0.15) is 18.9 Å². The molecule has 1 aromatic rings. The van der Waals surface area contributed by atoms with Crippen molar-refractivity contribution in [1.29, 1.82) is 0 Å². The molecule has 0 fully saturated rings. The lowest BCUT2D eigenvalue weighted by Gasteiger charge is -2.10. The van der Waals surface area contributed by atoms with E-state index in [1.807, 2.05) is 18.2 Å². The molecule has 0 aliphatic heterocycles. The minimum Gasteiger partial charge on any atom is -0.487 e. The van der Waals surface area contributed by atoms with Crippen molar-refractivity contribution in [3.63, 3.8) is 0 Å². The molecule has 0 aliphatic rings. The van der Waals surface area contributed by atoms with Crippen LogP contribution < -0.4 is 10.1 Å². The van der Waals surface area contributed by atoms with Gasteiger partial charge in [-0.2, -0.15) is 0 Å². The number of nitrogens with two attached hydrogens (primary N) is 1. The first-order chi connectivity index (χ1) is 7.24. The zero-order valence-corrected chi connectivity index (χ0v) is 9.99. The number of hydrogen-bond donors (Lipinski definition) is 1. The van der Waals surface area contributed by atoms with Crippen molar-refractivity contribution in [3.05, 3.63) is 29.8 Å². The molecule has 0 saturated carbocycles. The molecule has 2 heteroatoms. The minimum atomic E-state index is 0.700. The summed E-state index contributed by atoms with van der Waals surface area (Å²) in [6, 6.07) is 8.85. The van der Waals surface area contributed by atoms with Gasteiger partial charge in [-0.05, 0) is 31.9 Å². The van der Waals surface area contributed by atoms with Crippen LogP contribution in [0.2, 0.25) is 0 Å². The lowest BCUT2D eigenvalue weighted by molar-refractivity contribution is -0.686. The summed E-state index contributed by atoms with van der Waals surface area (Å²) in [5.41, 5.74) is 1.21. The predicted octanol–water partition coefficient (Wildman–Crippen LogP) is 1.74. The summed E-state index contributed by atoms with van der Waals surface area (Å²) in [6.45, 7) is 8.35. The van der Waals surface area contributed by atoms with Crippen molar-refractivity contribution in [3.8, 4) is 5.75 Å². The van der Waals surface area contributed by atoms with Gasteiger partial charge in [-0.3, -0.25) is 0 Å². The average molecular weight is 208 g/mol. The minimum absolute atomic E-state index is 0.700. The fraction of sp³-hybridized carbons (Fsp3) is 0.538. The molecule has 0 bridgehead atoms. The zero-order chi connectivity index (χ0) is 11.1. The maximum atomic E-state index is 5.70. The Balaban J connectivity index is 2.23. The van der Waals surface area contributed by atoms with Crippen LogP contribution in [0.4, 0.5) is 0 Å². The molecule has 0 unspecified atom stereocenters. The van der Waals surface area contributed by atoms with Crippen molar-refractivity contribution in [2.75, 3.05) is 13.2 Å². The molecule has 0 heterocycles. The third-order valence-corrected chi connectivity index (χ3v) is 2.68. The SMILES string of the molecule is CC[C@H](C)[NH2+]CCOc1ccccc1C. The maximum absolute atomic E-state index is 5.70. The molecule has 1 rings (SSSR count). The summed E-state index contributed by atoms with van der Waals surface area (Å²) in [4.78, 5) is 0. The fourth-order valence-electron chi connectivity index (χ4n) is 1.41. The Labute approximate surface area is 92.6 Å². The van der Waals surface area contributed by atoms with E-state index in [-0.39, 0.29) is 0 Å². The summed E-state index contributed by atoms with van der Waals surface area (Å²) < 4.78 is 5.70. The molecule has 0 aromatic heterocycles. The van der Waals surface area contributed by atoms with Gasteiger partial charge >= 0.3 is 0 Å². The van der Waals surface area contributed by atoms with E-state index in [0.717, 1.165) is 18.9 Å². The Morgan fingerprint density at radius 1 is 1.33 bits per heavy atom. The van der Waals surface area contributed by atoms with E-state index in [4.69, 9.17) is 4.74 Å². The summed E-state index contributed by atoms with van der Waals surface area (Å²) in [6.07, 6.45) is 1.21. The number of benzene rings is 1. The highest BCUT2D eigenvalue weighted by molar-refractivity contribution is 5.31. The first kappa shape index (κ1) is 12.1. The molecule has 84 valence electrons. The number of ether oxygens (including phenoxy) is 1. The van der Waals surface area contributed by atoms with Gasteiger partial charge in [0.15, 0.2) is 0 Å². The third-order valence-electron chi connectivity index (χ3n) is 2.68. The van der Waals surface area contributed by atoms with E-state index in [1.54, 1.807) is 0 Å². The second-order valence-electron chi connectivity index (χ2n) is 4.02. The molecule has 2 nitrogen and oxygen atoms in total. The van der Waals surface area contributed by atoms with Gasteiger partial charge in [0.25, 0.3) is 0 Å². The lowest BCUT2D eigenvalue weighted by atomic mass is 10.2. The monoisotopic (exact) mass is 208 g/mol. The van der Waals surface area contributed by atoms with Crippen LogP contribution >= 0.6 is 0 Å². The third kappa shape index (κ3) is 4.34. The average Bonchev–Trinajstić information content (AvgIpc) is 2.26. The molecule has 0 amide bonds. The van der Waals surface area contributed by atoms with E-state index in [9.17, 15) is 0 Å². The Morgan fingerprint density at radius 3 is 2.73 bits per heavy atom. The molecule has 0 radical (unpaired) electrons. The topological polar surface area (TPSA) is 25.8 Å². The van der Waals surface area contributed by atoms with E-state index < -0.39 is 0 Å². The van der Waals surface area contributed by atoms with Crippen LogP contribution in [0, 0.1) is 6.92 Å². The smallest absolute Gasteiger partial charge is 0.137 e. The number of para-hydroxylation sites is 1. The normalized spacial score (nSPS) is 12.5. The molecular formula is C13H22NO+. The van der Waals surface area contributed by atoms with Gasteiger partial charge < -0.3 is 10.1 Å². The Bertz CT molecular complexity index is 286. The number of quaternary nitrogens is 1. The van der Waals surface area contributed by atoms with Crippen LogP contribution in [-0.2, 0) is 0 Å². The highest BCUT2D eigenvalue weighted by atomic mass is 16.5. The largest absolute Gasteiger partial charge is 0.487 e. The number of hydrogen-bond acceptors (Lipinski definition) is 1. The first-order valence-corrected chi connectivity index (χ1v) is 5.75. The number of aryl methyl sites for hydroxylation is 1. The summed E-state index contributed by atoms with van der Waals surface area (Å²) in [5.74, 6) is 1.01. The Kier molecular flexibility index (Phi) is 5.19. The molecule has 2 N–H and O–H groups in total. The molecular weight excluding hydrogens is 186 g/mol. The Morgan fingerprint density at radius 2 is 2.07 bits per heavy atom. The fourth-order valence-corrected chi connectivity index (χ4v) is 1.41. The van der Waals surface area contributed by atoms with Crippen LogP contribution in [0.1, 0.15) is 25.8 Å². The van der Waals surface area contributed by atoms with Crippen molar-refractivity contribution in [2.24, 2.45) is 0 Å². The maximum Gasteiger partial charge on any atom is 0.137 e. The molecule has 0 saturated heterocycles. The van der Waals surface area contributed by atoms with Gasteiger partial charge in [0, 0.05) is 0 Å². The standard InChI is InChI=1S/C13H21NO/c1-4-12(3)14-9-10-15-13-8-6-5-7-11(13)2/h5-8,12,14H,4,9-10H2,1-3H3/p+1/t12-/m0/s1. The van der Waals surface area contributed by atoms with Crippen LogP contribution in [0.25, 0.3) is 0 Å². The number of rotatable bonds is 6. The molecule has 1 atom stereocenters. The quantitative estimate of drug-likeness (QED) is 0.708. The molecule has 0 aliphatic carbocycles. The summed E-state index contributed by atoms with van der Waals surface area (Å²) in [7, 11) is 0. The van der Waals surface area contributed by atoms with E-state index in [1.165, 1.54) is 12.0 Å². The summed E-state index contributed by atoms with van der Waals surface area (Å²) >= 11 is 0. The molecule has 0 spiro atoms. The van der Waals surface area contributed by atoms with Gasteiger partial charge in [-0.1, -0.05) is 25.1 Å². The highest BCUT2D eigenvalue weighted by Gasteiger charge is 2.01. The van der Waals surface area contributed by atoms with Gasteiger partial charge in [-0.25, -0.2) is 0 Å². The van der Waals surface area contributed by atoms with Crippen LogP contribution in [-0.4, -0.2) is 19.2 Å². The second-order valence-corrected chi connectivity index (χ2v) is 4.02. The van der Waals surface area contributed by atoms with Crippen LogP contribution in [0.15, 0.2) is 24.3 Å². The van der Waals surface area contributed by atoms with Crippen molar-refractivity contribution in [2.45, 2.75) is 33.2 Å². The van der Waals surface area contributed by atoms with Crippen molar-refractivity contribution < 1.29 is 10.1 Å².